The average Bonchev–Trinajstić information content (AvgIpc) is 2.55. The van der Waals surface area contributed by atoms with E-state index in [1.165, 1.54) is 5.39 Å². The Kier molecular flexibility index (Phi) is 4.06. The number of ether oxygens (including phenoxy) is 2. The van der Waals surface area contributed by atoms with Crippen molar-refractivity contribution in [2.45, 2.75) is 6.61 Å². The van der Waals surface area contributed by atoms with Crippen LogP contribution in [0.3, 0.4) is 0 Å². The molecule has 0 saturated carbocycles. The Morgan fingerprint density at radius 1 is 1.00 bits per heavy atom. The lowest BCUT2D eigenvalue weighted by atomic mass is 10.1. The Morgan fingerprint density at radius 3 is 2.71 bits per heavy atom. The Hall–Kier alpha value is -2.07. The number of benzene rings is 2. The normalized spacial score (nSPS) is 10.6. The van der Waals surface area contributed by atoms with Gasteiger partial charge in [-0.15, -0.1) is 0 Å². The number of nitrogens with zero attached hydrogens (tertiary/aromatic N) is 1. The van der Waals surface area contributed by atoms with E-state index in [0.29, 0.717) is 12.5 Å². The molecular formula is C17H14BrNO2. The Morgan fingerprint density at radius 2 is 1.86 bits per heavy atom. The summed E-state index contributed by atoms with van der Waals surface area (Å²) in [4.78, 5) is 4.34. The Balaban J connectivity index is 1.83. The molecule has 0 aliphatic rings. The maximum Gasteiger partial charge on any atom is 0.213 e. The minimum Gasteiger partial charge on any atom is -0.486 e. The molecule has 0 radical (unpaired) electrons. The summed E-state index contributed by atoms with van der Waals surface area (Å²) in [5.74, 6) is 1.40. The molecule has 0 atom stereocenters. The van der Waals surface area contributed by atoms with Crippen LogP contribution in [0, 0.1) is 0 Å². The van der Waals surface area contributed by atoms with E-state index < -0.39 is 0 Å². The van der Waals surface area contributed by atoms with E-state index in [1.807, 2.05) is 36.4 Å². The first-order valence-electron chi connectivity index (χ1n) is 6.58. The molecule has 0 unspecified atom stereocenters. The van der Waals surface area contributed by atoms with E-state index in [4.69, 9.17) is 9.47 Å². The van der Waals surface area contributed by atoms with Gasteiger partial charge in [0.25, 0.3) is 0 Å². The maximum atomic E-state index is 5.87. The van der Waals surface area contributed by atoms with Crippen molar-refractivity contribution in [2.24, 2.45) is 0 Å². The molecule has 21 heavy (non-hydrogen) atoms. The van der Waals surface area contributed by atoms with Crippen LogP contribution in [-0.4, -0.2) is 12.1 Å². The van der Waals surface area contributed by atoms with Gasteiger partial charge in [0, 0.05) is 6.07 Å². The molecule has 0 aliphatic heterocycles. The largest absolute Gasteiger partial charge is 0.486 e. The van der Waals surface area contributed by atoms with Crippen LogP contribution in [0.5, 0.6) is 11.6 Å². The van der Waals surface area contributed by atoms with Crippen LogP contribution >= 0.6 is 15.9 Å². The lowest BCUT2D eigenvalue weighted by Crippen LogP contribution is -2.00. The van der Waals surface area contributed by atoms with E-state index in [2.05, 4.69) is 39.1 Å². The van der Waals surface area contributed by atoms with Gasteiger partial charge in [0.15, 0.2) is 0 Å². The van der Waals surface area contributed by atoms with Crippen molar-refractivity contribution in [3.05, 3.63) is 64.8 Å². The molecule has 3 aromatic rings. The lowest BCUT2D eigenvalue weighted by molar-refractivity contribution is 0.296. The van der Waals surface area contributed by atoms with Crippen LogP contribution in [0.4, 0.5) is 0 Å². The molecule has 3 rings (SSSR count). The minimum atomic E-state index is 0.397. The monoisotopic (exact) mass is 343 g/mol. The van der Waals surface area contributed by atoms with Crippen LogP contribution in [0.2, 0.25) is 0 Å². The summed E-state index contributed by atoms with van der Waals surface area (Å²) in [6.07, 6.45) is 0. The van der Waals surface area contributed by atoms with E-state index in [1.54, 1.807) is 7.11 Å². The fourth-order valence-electron chi connectivity index (χ4n) is 2.13. The zero-order chi connectivity index (χ0) is 14.7. The number of halogens is 1. The molecule has 0 fully saturated rings. The number of hydrogen-bond donors (Lipinski definition) is 0. The highest BCUT2D eigenvalue weighted by Gasteiger charge is 2.07. The van der Waals surface area contributed by atoms with E-state index in [9.17, 15) is 0 Å². The standard InChI is InChI=1S/C17H14BrNO2/c1-20-16-8-4-6-13(19-16)11-21-15-10-9-12-5-2-3-7-14(12)17(15)18/h2-10H,11H2,1H3. The molecule has 0 saturated heterocycles. The van der Waals surface area contributed by atoms with Gasteiger partial charge in [-0.05, 0) is 38.8 Å². The molecule has 106 valence electrons. The average molecular weight is 344 g/mol. The molecule has 0 spiro atoms. The number of pyridine rings is 1. The zero-order valence-corrected chi connectivity index (χ0v) is 13.1. The predicted octanol–water partition coefficient (Wildman–Crippen LogP) is 4.58. The first kappa shape index (κ1) is 13.9. The summed E-state index contributed by atoms with van der Waals surface area (Å²) < 4.78 is 11.9. The molecule has 1 aromatic heterocycles. The van der Waals surface area contributed by atoms with Gasteiger partial charge in [-0.3, -0.25) is 0 Å². The van der Waals surface area contributed by atoms with E-state index in [-0.39, 0.29) is 0 Å². The third kappa shape index (κ3) is 3.00. The number of aromatic nitrogens is 1. The third-order valence-corrected chi connectivity index (χ3v) is 4.01. The quantitative estimate of drug-likeness (QED) is 0.694. The van der Waals surface area contributed by atoms with Gasteiger partial charge in [-0.25, -0.2) is 4.98 Å². The number of fused-ring (bicyclic) bond motifs is 1. The van der Waals surface area contributed by atoms with Crippen molar-refractivity contribution >= 4 is 26.7 Å². The summed E-state index contributed by atoms with van der Waals surface area (Å²) >= 11 is 3.61. The van der Waals surface area contributed by atoms with E-state index >= 15 is 0 Å². The van der Waals surface area contributed by atoms with Gasteiger partial charge in [0.2, 0.25) is 5.88 Å². The van der Waals surface area contributed by atoms with Gasteiger partial charge < -0.3 is 9.47 Å². The molecule has 0 aliphatic carbocycles. The van der Waals surface area contributed by atoms with Crippen molar-refractivity contribution in [3.8, 4) is 11.6 Å². The highest BCUT2D eigenvalue weighted by atomic mass is 79.9. The third-order valence-electron chi connectivity index (χ3n) is 3.19. The molecule has 4 heteroatoms. The Labute approximate surface area is 131 Å². The molecule has 0 N–H and O–H groups in total. The maximum absolute atomic E-state index is 5.87. The van der Waals surface area contributed by atoms with Gasteiger partial charge in [-0.2, -0.15) is 0 Å². The van der Waals surface area contributed by atoms with E-state index in [0.717, 1.165) is 21.3 Å². The number of hydrogen-bond acceptors (Lipinski definition) is 3. The van der Waals surface area contributed by atoms with Crippen molar-refractivity contribution in [3.63, 3.8) is 0 Å². The summed E-state index contributed by atoms with van der Waals surface area (Å²) in [5, 5.41) is 2.31. The summed E-state index contributed by atoms with van der Waals surface area (Å²) in [6, 6.07) is 17.8. The van der Waals surface area contributed by atoms with Gasteiger partial charge >= 0.3 is 0 Å². The Bertz CT molecular complexity index is 774. The van der Waals surface area contributed by atoms with Crippen molar-refractivity contribution in [1.29, 1.82) is 0 Å². The smallest absolute Gasteiger partial charge is 0.213 e. The fourth-order valence-corrected chi connectivity index (χ4v) is 2.74. The molecule has 0 amide bonds. The second-order valence-corrected chi connectivity index (χ2v) is 5.35. The molecule has 3 nitrogen and oxygen atoms in total. The predicted molar refractivity (Wildman–Crippen MR) is 86.8 cm³/mol. The van der Waals surface area contributed by atoms with Crippen molar-refractivity contribution in [2.75, 3.05) is 7.11 Å². The first-order valence-corrected chi connectivity index (χ1v) is 7.37. The highest BCUT2D eigenvalue weighted by Crippen LogP contribution is 2.33. The van der Waals surface area contributed by atoms with Crippen LogP contribution in [0.15, 0.2) is 59.1 Å². The topological polar surface area (TPSA) is 31.4 Å². The zero-order valence-electron chi connectivity index (χ0n) is 11.5. The number of methoxy groups -OCH3 is 1. The summed E-state index contributed by atoms with van der Waals surface area (Å²) in [5.41, 5.74) is 0.828. The van der Waals surface area contributed by atoms with Gasteiger partial charge in [-0.1, -0.05) is 36.4 Å². The van der Waals surface area contributed by atoms with Gasteiger partial charge in [0.05, 0.1) is 17.3 Å². The second kappa shape index (κ2) is 6.14. The molecule has 2 aromatic carbocycles. The minimum absolute atomic E-state index is 0.397. The molecular weight excluding hydrogens is 330 g/mol. The molecule has 0 bridgehead atoms. The van der Waals surface area contributed by atoms with Crippen LogP contribution in [0.25, 0.3) is 10.8 Å². The summed E-state index contributed by atoms with van der Waals surface area (Å²) in [7, 11) is 1.60. The first-order chi connectivity index (χ1) is 10.3. The lowest BCUT2D eigenvalue weighted by Gasteiger charge is -2.10. The van der Waals surface area contributed by atoms with Crippen LogP contribution in [-0.2, 0) is 6.61 Å². The van der Waals surface area contributed by atoms with Crippen LogP contribution in [0.1, 0.15) is 5.69 Å². The van der Waals surface area contributed by atoms with Gasteiger partial charge in [0.1, 0.15) is 12.4 Å². The van der Waals surface area contributed by atoms with Crippen molar-refractivity contribution < 1.29 is 9.47 Å². The molecule has 1 heterocycles. The second-order valence-electron chi connectivity index (χ2n) is 4.56. The SMILES string of the molecule is COc1cccc(COc2ccc3ccccc3c2Br)n1. The van der Waals surface area contributed by atoms with Crippen molar-refractivity contribution in [1.82, 2.24) is 4.98 Å². The highest BCUT2D eigenvalue weighted by molar-refractivity contribution is 9.10. The summed E-state index contributed by atoms with van der Waals surface area (Å²) in [6.45, 7) is 0.397. The fraction of sp³-hybridized carbons (Fsp3) is 0.118. The number of rotatable bonds is 4. The van der Waals surface area contributed by atoms with Crippen LogP contribution < -0.4 is 9.47 Å².